The highest BCUT2D eigenvalue weighted by Crippen LogP contribution is 2.19. The maximum absolute atomic E-state index is 12.0. The molecule has 0 saturated carbocycles. The number of nitrogens with zero attached hydrogens (tertiary/aromatic N) is 1. The third-order valence-electron chi connectivity index (χ3n) is 3.13. The Balaban J connectivity index is 1.85. The summed E-state index contributed by atoms with van der Waals surface area (Å²) in [6.45, 7) is 3.97. The van der Waals surface area contributed by atoms with Crippen LogP contribution in [0.1, 0.15) is 16.7 Å². The van der Waals surface area contributed by atoms with Gasteiger partial charge >= 0.3 is 0 Å². The minimum Gasteiger partial charge on any atom is -0.325 e. The van der Waals surface area contributed by atoms with E-state index < -0.39 is 4.92 Å². The van der Waals surface area contributed by atoms with Gasteiger partial charge in [-0.05, 0) is 42.7 Å². The van der Waals surface area contributed by atoms with Gasteiger partial charge in [-0.15, -0.1) is 11.8 Å². The number of hydrogen-bond acceptors (Lipinski definition) is 4. The molecule has 2 aromatic carbocycles. The molecule has 0 aliphatic rings. The number of nitro groups is 1. The van der Waals surface area contributed by atoms with E-state index in [4.69, 9.17) is 0 Å². The van der Waals surface area contributed by atoms with Crippen molar-refractivity contribution < 1.29 is 9.72 Å². The number of non-ortho nitro benzene ring substituents is 1. The molecule has 0 aliphatic heterocycles. The molecule has 0 bridgehead atoms. The van der Waals surface area contributed by atoms with Gasteiger partial charge in [-0.2, -0.15) is 0 Å². The van der Waals surface area contributed by atoms with E-state index in [0.717, 1.165) is 22.4 Å². The maximum Gasteiger partial charge on any atom is 0.269 e. The molecule has 23 heavy (non-hydrogen) atoms. The van der Waals surface area contributed by atoms with Crippen molar-refractivity contribution >= 4 is 29.0 Å². The zero-order valence-corrected chi connectivity index (χ0v) is 13.9. The van der Waals surface area contributed by atoms with Crippen LogP contribution < -0.4 is 5.32 Å². The predicted octanol–water partition coefficient (Wildman–Crippen LogP) is 4.08. The van der Waals surface area contributed by atoms with E-state index in [1.54, 1.807) is 6.07 Å². The van der Waals surface area contributed by atoms with E-state index in [9.17, 15) is 14.9 Å². The van der Waals surface area contributed by atoms with E-state index in [0.29, 0.717) is 11.5 Å². The van der Waals surface area contributed by atoms with Gasteiger partial charge in [0.15, 0.2) is 0 Å². The molecule has 0 spiro atoms. The zero-order chi connectivity index (χ0) is 16.8. The highest BCUT2D eigenvalue weighted by molar-refractivity contribution is 7.99. The molecule has 6 heteroatoms. The molecule has 0 saturated heterocycles. The van der Waals surface area contributed by atoms with Crippen LogP contribution in [-0.4, -0.2) is 16.6 Å². The average molecular weight is 330 g/mol. The van der Waals surface area contributed by atoms with E-state index in [1.807, 2.05) is 38.1 Å². The minimum absolute atomic E-state index is 0.0720. The Morgan fingerprint density at radius 2 is 1.87 bits per heavy atom. The Kier molecular flexibility index (Phi) is 5.76. The lowest BCUT2D eigenvalue weighted by Gasteiger charge is -2.07. The van der Waals surface area contributed by atoms with Gasteiger partial charge in [-0.25, -0.2) is 0 Å². The monoisotopic (exact) mass is 330 g/mol. The third-order valence-corrected chi connectivity index (χ3v) is 4.13. The molecule has 1 N–H and O–H groups in total. The Hall–Kier alpha value is -2.34. The summed E-state index contributed by atoms with van der Waals surface area (Å²) in [6, 6.07) is 12.4. The molecule has 0 aliphatic carbocycles. The van der Waals surface area contributed by atoms with Crippen molar-refractivity contribution in [2.45, 2.75) is 19.6 Å². The Morgan fingerprint density at radius 3 is 2.52 bits per heavy atom. The van der Waals surface area contributed by atoms with Crippen LogP contribution in [0.4, 0.5) is 11.4 Å². The summed E-state index contributed by atoms with van der Waals surface area (Å²) < 4.78 is 0. The van der Waals surface area contributed by atoms with Gasteiger partial charge in [0, 0.05) is 23.6 Å². The lowest BCUT2D eigenvalue weighted by atomic mass is 10.1. The maximum atomic E-state index is 12.0. The fourth-order valence-electron chi connectivity index (χ4n) is 2.27. The van der Waals surface area contributed by atoms with Gasteiger partial charge in [0.25, 0.3) is 5.69 Å². The Labute approximate surface area is 139 Å². The number of carbonyl (C=O) groups is 1. The van der Waals surface area contributed by atoms with Crippen molar-refractivity contribution in [3.63, 3.8) is 0 Å². The zero-order valence-electron chi connectivity index (χ0n) is 13.0. The average Bonchev–Trinajstić information content (AvgIpc) is 2.46. The topological polar surface area (TPSA) is 72.2 Å². The van der Waals surface area contributed by atoms with E-state index in [1.165, 1.54) is 23.9 Å². The van der Waals surface area contributed by atoms with Gasteiger partial charge in [-0.3, -0.25) is 14.9 Å². The van der Waals surface area contributed by atoms with Crippen molar-refractivity contribution in [2.24, 2.45) is 0 Å². The number of aryl methyl sites for hydroxylation is 2. The Morgan fingerprint density at radius 1 is 1.17 bits per heavy atom. The predicted molar refractivity (Wildman–Crippen MR) is 93.8 cm³/mol. The number of amides is 1. The summed E-state index contributed by atoms with van der Waals surface area (Å²) in [5.74, 6) is 0.780. The van der Waals surface area contributed by atoms with Gasteiger partial charge in [-0.1, -0.05) is 18.2 Å². The molecule has 120 valence electrons. The van der Waals surface area contributed by atoms with Crippen LogP contribution in [0.5, 0.6) is 0 Å². The SMILES string of the molecule is Cc1cc(C)cc(NC(=O)CSCc2cccc([N+](=O)[O-])c2)c1. The summed E-state index contributed by atoms with van der Waals surface area (Å²) in [6.07, 6.45) is 0. The second-order valence-electron chi connectivity index (χ2n) is 5.34. The minimum atomic E-state index is -0.416. The number of anilines is 1. The molecular weight excluding hydrogens is 312 g/mol. The molecule has 0 radical (unpaired) electrons. The summed E-state index contributed by atoms with van der Waals surface area (Å²) in [4.78, 5) is 22.3. The molecular formula is C17H18N2O3S. The van der Waals surface area contributed by atoms with Gasteiger partial charge in [0.2, 0.25) is 5.91 Å². The molecule has 5 nitrogen and oxygen atoms in total. The summed E-state index contributed by atoms with van der Waals surface area (Å²) in [5, 5.41) is 13.6. The van der Waals surface area contributed by atoms with Crippen molar-refractivity contribution in [2.75, 3.05) is 11.1 Å². The summed E-state index contributed by atoms with van der Waals surface area (Å²) in [7, 11) is 0. The van der Waals surface area contributed by atoms with Crippen molar-refractivity contribution in [1.29, 1.82) is 0 Å². The summed E-state index contributed by atoms with van der Waals surface area (Å²) >= 11 is 1.43. The molecule has 2 aromatic rings. The number of thioether (sulfide) groups is 1. The first-order chi connectivity index (χ1) is 10.9. The first kappa shape index (κ1) is 17.0. The molecule has 0 aromatic heterocycles. The number of hydrogen-bond donors (Lipinski definition) is 1. The van der Waals surface area contributed by atoms with Crippen LogP contribution in [0.15, 0.2) is 42.5 Å². The molecule has 0 heterocycles. The largest absolute Gasteiger partial charge is 0.325 e. The standard InChI is InChI=1S/C17H18N2O3S/c1-12-6-13(2)8-15(7-12)18-17(20)11-23-10-14-4-3-5-16(9-14)19(21)22/h3-9H,10-11H2,1-2H3,(H,18,20). The molecule has 0 atom stereocenters. The van der Waals surface area contributed by atoms with Crippen LogP contribution in [0.2, 0.25) is 0 Å². The van der Waals surface area contributed by atoms with Crippen LogP contribution in [-0.2, 0) is 10.5 Å². The number of nitro benzene ring substituents is 1. The highest BCUT2D eigenvalue weighted by atomic mass is 32.2. The lowest BCUT2D eigenvalue weighted by Crippen LogP contribution is -2.14. The number of carbonyl (C=O) groups excluding carboxylic acids is 1. The van der Waals surface area contributed by atoms with Gasteiger partial charge in [0.1, 0.15) is 0 Å². The van der Waals surface area contributed by atoms with E-state index in [-0.39, 0.29) is 11.6 Å². The van der Waals surface area contributed by atoms with Crippen molar-refractivity contribution in [1.82, 2.24) is 0 Å². The second-order valence-corrected chi connectivity index (χ2v) is 6.33. The molecule has 2 rings (SSSR count). The fraction of sp³-hybridized carbons (Fsp3) is 0.235. The number of nitrogens with one attached hydrogen (secondary N) is 1. The van der Waals surface area contributed by atoms with Crippen LogP contribution in [0.3, 0.4) is 0 Å². The van der Waals surface area contributed by atoms with Crippen LogP contribution in [0, 0.1) is 24.0 Å². The van der Waals surface area contributed by atoms with Crippen molar-refractivity contribution in [3.8, 4) is 0 Å². The fourth-order valence-corrected chi connectivity index (χ4v) is 3.04. The van der Waals surface area contributed by atoms with E-state index >= 15 is 0 Å². The number of rotatable bonds is 6. The normalized spacial score (nSPS) is 10.3. The van der Waals surface area contributed by atoms with Gasteiger partial charge in [0.05, 0.1) is 10.7 Å². The number of benzene rings is 2. The lowest BCUT2D eigenvalue weighted by molar-refractivity contribution is -0.384. The second kappa shape index (κ2) is 7.78. The molecule has 1 amide bonds. The highest BCUT2D eigenvalue weighted by Gasteiger charge is 2.07. The molecule has 0 unspecified atom stereocenters. The third kappa shape index (κ3) is 5.41. The quantitative estimate of drug-likeness (QED) is 0.640. The van der Waals surface area contributed by atoms with Crippen molar-refractivity contribution in [3.05, 3.63) is 69.3 Å². The first-order valence-electron chi connectivity index (χ1n) is 7.13. The smallest absolute Gasteiger partial charge is 0.269 e. The van der Waals surface area contributed by atoms with Crippen LogP contribution in [0.25, 0.3) is 0 Å². The van der Waals surface area contributed by atoms with Crippen LogP contribution >= 0.6 is 11.8 Å². The van der Waals surface area contributed by atoms with Gasteiger partial charge < -0.3 is 5.32 Å². The first-order valence-corrected chi connectivity index (χ1v) is 8.29. The van der Waals surface area contributed by atoms with E-state index in [2.05, 4.69) is 5.32 Å². The Bertz CT molecular complexity index is 711. The summed E-state index contributed by atoms with van der Waals surface area (Å²) in [5.41, 5.74) is 3.91. The molecule has 0 fully saturated rings.